The van der Waals surface area contributed by atoms with Gasteiger partial charge in [-0.1, -0.05) is 38.0 Å². The molecule has 0 aromatic rings. The summed E-state index contributed by atoms with van der Waals surface area (Å²) in [7, 11) is 0. The molecule has 2 N–H and O–H groups in total. The van der Waals surface area contributed by atoms with Gasteiger partial charge in [-0.05, 0) is 99.5 Å². The number of nitrogens with one attached hydrogen (secondary N) is 1. The topological polar surface area (TPSA) is 41.5 Å². The molecule has 2 saturated carbocycles. The maximum Gasteiger partial charge on any atom is 0.0937 e. The van der Waals surface area contributed by atoms with Crippen LogP contribution in [0.1, 0.15) is 79.1 Å². The van der Waals surface area contributed by atoms with E-state index in [1.165, 1.54) is 38.5 Å². The molecule has 2 aliphatic heterocycles. The van der Waals surface area contributed by atoms with Crippen molar-refractivity contribution in [2.75, 3.05) is 6.54 Å². The van der Waals surface area contributed by atoms with E-state index in [0.29, 0.717) is 23.5 Å². The number of aliphatic hydroxyl groups excluding tert-OH is 1. The van der Waals surface area contributed by atoms with Gasteiger partial charge < -0.3 is 15.2 Å². The van der Waals surface area contributed by atoms with E-state index in [4.69, 9.17) is 4.74 Å². The SMILES string of the molecule is CC1=C2C[C@H]3C(CC=C4C[C@@H](O)CC[C@@]43C)[C@@H]2CC[C@]12O[C@@H]1C[C@H](C)CN[C@H]1[C@H]2C. The van der Waals surface area contributed by atoms with Gasteiger partial charge in [0.25, 0.3) is 0 Å². The first-order valence-corrected chi connectivity index (χ1v) is 12.8. The Kier molecular flexibility index (Phi) is 4.46. The van der Waals surface area contributed by atoms with Gasteiger partial charge in [-0.25, -0.2) is 0 Å². The Labute approximate surface area is 182 Å². The molecule has 4 fully saturated rings. The van der Waals surface area contributed by atoms with E-state index in [1.807, 2.05) is 0 Å². The first kappa shape index (κ1) is 20.0. The zero-order valence-corrected chi connectivity index (χ0v) is 19.4. The van der Waals surface area contributed by atoms with Crippen molar-refractivity contribution in [2.24, 2.45) is 35.0 Å². The summed E-state index contributed by atoms with van der Waals surface area (Å²) in [5.41, 5.74) is 5.25. The minimum Gasteiger partial charge on any atom is -0.393 e. The second kappa shape index (κ2) is 6.68. The lowest BCUT2D eigenvalue weighted by Gasteiger charge is -2.49. The highest BCUT2D eigenvalue weighted by Crippen LogP contribution is 2.65. The van der Waals surface area contributed by atoms with Gasteiger partial charge in [0.2, 0.25) is 0 Å². The monoisotopic (exact) mass is 411 g/mol. The van der Waals surface area contributed by atoms with Gasteiger partial charge in [0, 0.05) is 12.0 Å². The van der Waals surface area contributed by atoms with E-state index in [9.17, 15) is 5.11 Å². The molecular formula is C27H41NO2. The lowest BCUT2D eigenvalue weighted by atomic mass is 9.56. The molecule has 4 aliphatic carbocycles. The Hall–Kier alpha value is -0.640. The van der Waals surface area contributed by atoms with E-state index in [-0.39, 0.29) is 11.7 Å². The number of piperidine rings is 1. The predicted molar refractivity (Wildman–Crippen MR) is 120 cm³/mol. The second-order valence-corrected chi connectivity index (χ2v) is 12.2. The number of aliphatic hydroxyl groups is 1. The number of fused-ring (bicyclic) bond motifs is 6. The Morgan fingerprint density at radius 3 is 2.83 bits per heavy atom. The zero-order chi connectivity index (χ0) is 20.8. The zero-order valence-electron chi connectivity index (χ0n) is 19.4. The lowest BCUT2D eigenvalue weighted by Crippen LogP contribution is -2.49. The van der Waals surface area contributed by atoms with Crippen LogP contribution in [0.5, 0.6) is 0 Å². The maximum absolute atomic E-state index is 10.3. The van der Waals surface area contributed by atoms with Gasteiger partial charge in [0.15, 0.2) is 0 Å². The van der Waals surface area contributed by atoms with E-state index < -0.39 is 0 Å². The molecule has 6 aliphatic rings. The summed E-state index contributed by atoms with van der Waals surface area (Å²) in [4.78, 5) is 0. The second-order valence-electron chi connectivity index (χ2n) is 12.2. The van der Waals surface area contributed by atoms with E-state index in [0.717, 1.165) is 43.1 Å². The number of ether oxygens (including phenoxy) is 1. The fraction of sp³-hybridized carbons (Fsp3) is 0.852. The fourth-order valence-electron chi connectivity index (χ4n) is 9.09. The van der Waals surface area contributed by atoms with Crippen LogP contribution in [-0.2, 0) is 4.74 Å². The van der Waals surface area contributed by atoms with Gasteiger partial charge >= 0.3 is 0 Å². The summed E-state index contributed by atoms with van der Waals surface area (Å²) < 4.78 is 7.03. The van der Waals surface area contributed by atoms with E-state index in [1.54, 1.807) is 16.7 Å². The average Bonchev–Trinajstić information content (AvgIpc) is 3.23. The number of hydrogen-bond donors (Lipinski definition) is 2. The van der Waals surface area contributed by atoms with E-state index in [2.05, 4.69) is 39.1 Å². The molecule has 0 radical (unpaired) electrons. The predicted octanol–water partition coefficient (Wildman–Crippen LogP) is 5.00. The molecule has 0 aromatic heterocycles. The van der Waals surface area contributed by atoms with Crippen LogP contribution in [0.25, 0.3) is 0 Å². The first-order chi connectivity index (χ1) is 14.3. The molecule has 10 atom stereocenters. The van der Waals surface area contributed by atoms with Gasteiger partial charge in [0.1, 0.15) is 0 Å². The minimum atomic E-state index is -0.111. The van der Waals surface area contributed by atoms with E-state index >= 15 is 0 Å². The molecule has 2 heterocycles. The molecule has 0 bridgehead atoms. The minimum absolute atomic E-state index is 0.0222. The third-order valence-corrected chi connectivity index (χ3v) is 10.9. The Morgan fingerprint density at radius 1 is 1.17 bits per heavy atom. The summed E-state index contributed by atoms with van der Waals surface area (Å²) in [5.74, 6) is 3.64. The van der Waals surface area contributed by atoms with Crippen LogP contribution in [0.15, 0.2) is 22.8 Å². The fourth-order valence-corrected chi connectivity index (χ4v) is 9.09. The molecule has 2 saturated heterocycles. The molecule has 0 amide bonds. The molecule has 3 nitrogen and oxygen atoms in total. The molecule has 30 heavy (non-hydrogen) atoms. The molecule has 166 valence electrons. The summed E-state index contributed by atoms with van der Waals surface area (Å²) in [6, 6.07) is 0.530. The van der Waals surface area contributed by atoms with Crippen LogP contribution in [0, 0.1) is 35.0 Å². The summed E-state index contributed by atoms with van der Waals surface area (Å²) in [5, 5.41) is 14.1. The Balaban J connectivity index is 1.34. The van der Waals surface area contributed by atoms with Crippen molar-refractivity contribution in [1.29, 1.82) is 0 Å². The maximum atomic E-state index is 10.3. The van der Waals surface area contributed by atoms with Gasteiger partial charge in [-0.2, -0.15) is 0 Å². The highest BCUT2D eigenvalue weighted by atomic mass is 16.5. The Bertz CT molecular complexity index is 801. The van der Waals surface area contributed by atoms with Crippen LogP contribution >= 0.6 is 0 Å². The highest BCUT2D eigenvalue weighted by Gasteiger charge is 2.60. The largest absolute Gasteiger partial charge is 0.393 e. The quantitative estimate of drug-likeness (QED) is 0.551. The van der Waals surface area contributed by atoms with Crippen molar-refractivity contribution in [3.8, 4) is 0 Å². The molecular weight excluding hydrogens is 370 g/mol. The van der Waals surface area contributed by atoms with Crippen molar-refractivity contribution in [2.45, 2.75) is 103 Å². The number of allylic oxidation sites excluding steroid dienone is 2. The van der Waals surface area contributed by atoms with Gasteiger partial charge in [-0.15, -0.1) is 0 Å². The summed E-state index contributed by atoms with van der Waals surface area (Å²) >= 11 is 0. The van der Waals surface area contributed by atoms with Gasteiger partial charge in [-0.3, -0.25) is 0 Å². The smallest absolute Gasteiger partial charge is 0.0937 e. The third kappa shape index (κ3) is 2.55. The molecule has 6 rings (SSSR count). The van der Waals surface area contributed by atoms with Crippen molar-refractivity contribution >= 4 is 0 Å². The van der Waals surface area contributed by atoms with Crippen molar-refractivity contribution < 1.29 is 9.84 Å². The third-order valence-electron chi connectivity index (χ3n) is 10.9. The molecule has 3 heteroatoms. The standard InChI is InChI=1S/C27H41NO2/c1-15-11-24-25(28-14-15)17(3)27(30-24)10-8-20-21-6-5-18-12-19(29)7-9-26(18,4)23(21)13-22(20)16(27)2/h5,15,17,19-21,23-25,28-29H,6-14H2,1-4H3/t15-,17+,19-,20-,21?,23-,24+,25-,26-,27-/m0/s1. The lowest BCUT2D eigenvalue weighted by molar-refractivity contribution is -0.0549. The number of rotatable bonds is 0. The van der Waals surface area contributed by atoms with Crippen LogP contribution in [0.2, 0.25) is 0 Å². The molecule has 0 aromatic carbocycles. The van der Waals surface area contributed by atoms with Crippen LogP contribution in [0.3, 0.4) is 0 Å². The molecule has 1 spiro atoms. The van der Waals surface area contributed by atoms with Crippen molar-refractivity contribution in [1.82, 2.24) is 5.32 Å². The number of hydrogen-bond acceptors (Lipinski definition) is 3. The highest BCUT2D eigenvalue weighted by molar-refractivity contribution is 5.38. The normalized spacial score (nSPS) is 55.0. The first-order valence-electron chi connectivity index (χ1n) is 12.8. The van der Waals surface area contributed by atoms with Crippen LogP contribution < -0.4 is 5.32 Å². The van der Waals surface area contributed by atoms with Crippen LogP contribution in [-0.4, -0.2) is 35.5 Å². The molecule has 1 unspecified atom stereocenters. The van der Waals surface area contributed by atoms with Crippen molar-refractivity contribution in [3.63, 3.8) is 0 Å². The summed E-state index contributed by atoms with van der Waals surface area (Å²) in [6.45, 7) is 10.9. The van der Waals surface area contributed by atoms with Crippen LogP contribution in [0.4, 0.5) is 0 Å². The van der Waals surface area contributed by atoms with Crippen molar-refractivity contribution in [3.05, 3.63) is 22.8 Å². The Morgan fingerprint density at radius 2 is 2.00 bits per heavy atom. The van der Waals surface area contributed by atoms with Gasteiger partial charge in [0.05, 0.1) is 17.8 Å². The average molecular weight is 412 g/mol. The summed E-state index contributed by atoms with van der Waals surface area (Å²) in [6.07, 6.45) is 12.2.